The minimum absolute atomic E-state index is 0.0828. The number of thiocarbonyl (C=S) groups is 2. The second-order valence-corrected chi connectivity index (χ2v) is 26.5. The molecule has 0 bridgehead atoms. The van der Waals surface area contributed by atoms with Crippen LogP contribution in [-0.4, -0.2) is 32.2 Å². The molecule has 2 nitrogen and oxygen atoms in total. The molecule has 0 aliphatic heterocycles. The van der Waals surface area contributed by atoms with E-state index >= 15 is 0 Å². The van der Waals surface area contributed by atoms with E-state index in [0.29, 0.717) is 6.04 Å². The van der Waals surface area contributed by atoms with E-state index in [-0.39, 0.29) is 16.6 Å². The van der Waals surface area contributed by atoms with Crippen LogP contribution in [0.3, 0.4) is 0 Å². The van der Waals surface area contributed by atoms with Crippen LogP contribution >= 0.6 is 36.2 Å². The fourth-order valence-corrected chi connectivity index (χ4v) is 14.2. The van der Waals surface area contributed by atoms with E-state index in [4.69, 9.17) is 28.6 Å². The third kappa shape index (κ3) is 54.9. The lowest BCUT2D eigenvalue weighted by Crippen LogP contribution is -2.40. The molecule has 0 saturated heterocycles. The van der Waals surface area contributed by atoms with Gasteiger partial charge in [-0.15, -0.1) is 0 Å². The second kappa shape index (κ2) is 60.5. The fraction of sp³-hybridized carbons (Fsp3) is 0.969. The summed E-state index contributed by atoms with van der Waals surface area (Å²) in [6.07, 6.45) is 72.9. The van der Waals surface area contributed by atoms with Crippen molar-refractivity contribution in [3.8, 4) is 0 Å². The highest BCUT2D eigenvalue weighted by molar-refractivity contribution is 8.23. The summed E-state index contributed by atoms with van der Waals surface area (Å²) in [4.78, 5) is 1.12. The molecule has 0 aliphatic rings. The van der Waals surface area contributed by atoms with Crippen LogP contribution in [0.15, 0.2) is 0 Å². The van der Waals surface area contributed by atoms with Crippen molar-refractivity contribution in [3.63, 3.8) is 0 Å². The molecular formula is C64H128NOS4+. The highest BCUT2D eigenvalue weighted by Crippen LogP contribution is 2.27. The van der Waals surface area contributed by atoms with Gasteiger partial charge >= 0.3 is 0 Å². The Balaban J connectivity index is 5.24. The highest BCUT2D eigenvalue weighted by atomic mass is 32.2. The van der Waals surface area contributed by atoms with Crippen LogP contribution in [0.1, 0.15) is 375 Å². The van der Waals surface area contributed by atoms with E-state index < -0.39 is 0 Å². The molecule has 0 fully saturated rings. The molecule has 1 N–H and O–H groups in total. The summed E-state index contributed by atoms with van der Waals surface area (Å²) in [5, 5.41) is 4.00. The van der Waals surface area contributed by atoms with Gasteiger partial charge in [0.1, 0.15) is 5.75 Å². The molecule has 6 heteroatoms. The Morgan fingerprint density at radius 1 is 0.371 bits per heavy atom. The molecular weight excluding hydrogens is 927 g/mol. The molecule has 0 amide bonds. The van der Waals surface area contributed by atoms with Crippen LogP contribution in [0, 0.1) is 0 Å². The number of unbranched alkanes of at least 4 members (excludes halogenated alkanes) is 45. The van der Waals surface area contributed by atoms with Gasteiger partial charge in [0.05, 0.1) is 15.2 Å². The Kier molecular flexibility index (Phi) is 61.1. The Morgan fingerprint density at radius 2 is 0.657 bits per heavy atom. The topological polar surface area (TPSA) is 21.3 Å². The maximum Gasteiger partial charge on any atom is 0.164 e. The minimum Gasteiger partial charge on any atom is -0.372 e. The van der Waals surface area contributed by atoms with Gasteiger partial charge in [0.25, 0.3) is 0 Å². The zero-order valence-corrected chi connectivity index (χ0v) is 51.9. The van der Waals surface area contributed by atoms with Gasteiger partial charge in [0, 0.05) is 0 Å². The van der Waals surface area contributed by atoms with Crippen LogP contribution in [0.4, 0.5) is 0 Å². The van der Waals surface area contributed by atoms with Crippen molar-refractivity contribution in [2.75, 3.05) is 11.5 Å². The van der Waals surface area contributed by atoms with Gasteiger partial charge in [-0.3, -0.25) is 0 Å². The Bertz CT molecular complexity index is 1030. The molecule has 0 aromatic carbocycles. The summed E-state index contributed by atoms with van der Waals surface area (Å²) in [5.74, 6) is 2.30. The van der Waals surface area contributed by atoms with E-state index in [0.717, 1.165) is 30.0 Å². The number of rotatable bonds is 60. The van der Waals surface area contributed by atoms with Crippen molar-refractivity contribution < 1.29 is 4.18 Å². The maximum atomic E-state index is 7.21. The lowest BCUT2D eigenvalue weighted by atomic mass is 10.0. The summed E-state index contributed by atoms with van der Waals surface area (Å²) in [6, 6.07) is 0.425. The monoisotopic (exact) mass is 1050 g/mol. The lowest BCUT2D eigenvalue weighted by Gasteiger charge is -2.22. The minimum atomic E-state index is -0.0828. The first-order valence-electron chi connectivity index (χ1n) is 32.3. The molecule has 0 aromatic heterocycles. The molecule has 0 heterocycles. The van der Waals surface area contributed by atoms with Gasteiger partial charge in [-0.25, -0.2) is 0 Å². The van der Waals surface area contributed by atoms with E-state index in [1.165, 1.54) is 331 Å². The number of thioether (sulfide) groups is 1. The predicted molar refractivity (Wildman–Crippen MR) is 335 cm³/mol. The van der Waals surface area contributed by atoms with Crippen molar-refractivity contribution in [3.05, 3.63) is 0 Å². The van der Waals surface area contributed by atoms with E-state index in [1.807, 2.05) is 11.8 Å². The number of hydrogen-bond acceptors (Lipinski definition) is 4. The first-order valence-corrected chi connectivity index (χ1v) is 35.5. The normalized spacial score (nSPS) is 13.0. The quantitative estimate of drug-likeness (QED) is 0.0283. The van der Waals surface area contributed by atoms with Crippen molar-refractivity contribution in [1.29, 1.82) is 0 Å². The molecule has 0 spiro atoms. The largest absolute Gasteiger partial charge is 0.372 e. The summed E-state index contributed by atoms with van der Waals surface area (Å²) < 4.78 is 8.39. The zero-order chi connectivity index (χ0) is 50.9. The highest BCUT2D eigenvalue weighted by Gasteiger charge is 2.30. The molecule has 3 atom stereocenters. The molecule has 0 saturated carbocycles. The van der Waals surface area contributed by atoms with Crippen molar-refractivity contribution in [2.45, 2.75) is 386 Å². The van der Waals surface area contributed by atoms with Gasteiger partial charge in [0.15, 0.2) is 22.4 Å². The van der Waals surface area contributed by atoms with Crippen LogP contribution in [-0.2, 0) is 15.4 Å². The van der Waals surface area contributed by atoms with Crippen molar-refractivity contribution >= 4 is 56.6 Å². The van der Waals surface area contributed by atoms with Gasteiger partial charge in [-0.2, -0.15) is 4.18 Å². The third-order valence-corrected chi connectivity index (χ3v) is 19.1. The van der Waals surface area contributed by atoms with Crippen molar-refractivity contribution in [2.24, 2.45) is 0 Å². The van der Waals surface area contributed by atoms with E-state index in [1.54, 1.807) is 0 Å². The summed E-state index contributed by atoms with van der Waals surface area (Å²) in [5.41, 5.74) is 0.176. The van der Waals surface area contributed by atoms with Crippen LogP contribution in [0.25, 0.3) is 0 Å². The van der Waals surface area contributed by atoms with Gasteiger partial charge < -0.3 is 5.32 Å². The number of nitrogens with one attached hydrogen (secondary N) is 1. The smallest absolute Gasteiger partial charge is 0.164 e. The number of hydrogen-bond donors (Lipinski definition) is 1. The van der Waals surface area contributed by atoms with Crippen LogP contribution in [0.5, 0.6) is 0 Å². The van der Waals surface area contributed by atoms with Gasteiger partial charge in [-0.05, 0) is 51.4 Å². The SMILES string of the molecule is CCCCCCCCCCCCCCCC(=S)NC(CCCCCCCCCCCCC)C[S+](CCCCCCCCCCCCCC)OC(CC)SC(=S)CCCCCCCCCCCCCCC. The lowest BCUT2D eigenvalue weighted by molar-refractivity contribution is 0.322. The van der Waals surface area contributed by atoms with Crippen molar-refractivity contribution in [1.82, 2.24) is 5.32 Å². The Labute approximate surface area is 461 Å². The first kappa shape index (κ1) is 70.6. The second-order valence-electron chi connectivity index (χ2n) is 22.2. The average molecular weight is 1060 g/mol. The molecule has 0 rings (SSSR count). The maximum absolute atomic E-state index is 7.21. The zero-order valence-electron chi connectivity index (χ0n) is 48.6. The molecule has 0 aromatic rings. The van der Waals surface area contributed by atoms with Gasteiger partial charge in [0.2, 0.25) is 0 Å². The standard InChI is InChI=1S/C64H127NOS4/c1-6-11-15-19-23-27-31-34-37-41-45-49-53-57-62(67)65-61(56-52-48-44-40-36-30-26-22-18-14-9-4)60-70(59-55-51-47-43-39-33-29-25-21-17-13-8-3)66-63(10-5)69-64(68)58-54-50-46-42-38-35-32-28-24-20-16-12-7-2/h61,63H,6-60H2,1-5H3/p+1. The van der Waals surface area contributed by atoms with E-state index in [2.05, 4.69) is 39.9 Å². The summed E-state index contributed by atoms with van der Waals surface area (Å²) >= 11 is 14.0. The summed E-state index contributed by atoms with van der Waals surface area (Å²) in [7, 11) is 0. The fourth-order valence-electron chi connectivity index (χ4n) is 10.2. The van der Waals surface area contributed by atoms with E-state index in [9.17, 15) is 0 Å². The molecule has 70 heavy (non-hydrogen) atoms. The predicted octanol–water partition coefficient (Wildman–Crippen LogP) is 24.0. The third-order valence-electron chi connectivity index (χ3n) is 15.0. The molecule has 0 radical (unpaired) electrons. The van der Waals surface area contributed by atoms with Crippen LogP contribution < -0.4 is 5.32 Å². The van der Waals surface area contributed by atoms with Gasteiger partial charge in [-0.1, -0.05) is 360 Å². The Hall–Kier alpha value is 0.640. The Morgan fingerprint density at radius 3 is 0.986 bits per heavy atom. The molecule has 418 valence electrons. The average Bonchev–Trinajstić information content (AvgIpc) is 3.35. The van der Waals surface area contributed by atoms with Crippen LogP contribution in [0.2, 0.25) is 0 Å². The molecule has 3 unspecified atom stereocenters. The summed E-state index contributed by atoms with van der Waals surface area (Å²) in [6.45, 7) is 11.6. The first-order chi connectivity index (χ1) is 34.5. The molecule has 0 aliphatic carbocycles.